The Morgan fingerprint density at radius 2 is 1.95 bits per heavy atom. The van der Waals surface area contributed by atoms with E-state index in [0.717, 1.165) is 17.0 Å². The summed E-state index contributed by atoms with van der Waals surface area (Å²) in [5.74, 6) is 0.0886. The molecule has 2 rings (SSSR count). The Kier molecular flexibility index (Phi) is 6.92. The first-order valence-corrected chi connectivity index (χ1v) is 6.86. The molecule has 0 N–H and O–H groups in total. The Morgan fingerprint density at radius 1 is 1.27 bits per heavy atom. The lowest BCUT2D eigenvalue weighted by atomic mass is 10.1. The molecule has 0 fully saturated rings. The Bertz CT molecular complexity index is 654. The summed E-state index contributed by atoms with van der Waals surface area (Å²) in [6.07, 6.45) is 7.48. The highest BCUT2D eigenvalue weighted by molar-refractivity contribution is 5.95. The predicted octanol–water partition coefficient (Wildman–Crippen LogP) is -0.903. The highest BCUT2D eigenvalue weighted by Crippen LogP contribution is 2.04. The number of nitrogens with zero attached hydrogens (tertiary/aromatic N) is 3. The zero-order valence-electron chi connectivity index (χ0n) is 13.0. The van der Waals surface area contributed by atoms with Crippen LogP contribution in [0.3, 0.4) is 0 Å². The average Bonchev–Trinajstić information content (AvgIpc) is 2.47. The third kappa shape index (κ3) is 4.77. The lowest BCUT2D eigenvalue weighted by Gasteiger charge is -2.05. The van der Waals surface area contributed by atoms with Crippen molar-refractivity contribution in [2.75, 3.05) is 14.1 Å². The van der Waals surface area contributed by atoms with Gasteiger partial charge in [-0.15, -0.1) is 0 Å². The molecule has 1 aromatic carbocycles. The maximum atomic E-state index is 12.3. The molecule has 0 bridgehead atoms. The van der Waals surface area contributed by atoms with E-state index in [4.69, 9.17) is 0 Å². The van der Waals surface area contributed by atoms with Crippen LogP contribution in [0.25, 0.3) is 6.08 Å². The number of halogens is 1. The van der Waals surface area contributed by atoms with Crippen LogP contribution in [0.15, 0.2) is 48.9 Å². The van der Waals surface area contributed by atoms with Gasteiger partial charge < -0.3 is 21.9 Å². The van der Waals surface area contributed by atoms with E-state index < -0.39 is 0 Å². The van der Waals surface area contributed by atoms with E-state index in [2.05, 4.69) is 4.98 Å². The monoisotopic (exact) mass is 361 g/mol. The van der Waals surface area contributed by atoms with Crippen molar-refractivity contribution in [1.82, 2.24) is 9.88 Å². The van der Waals surface area contributed by atoms with Gasteiger partial charge >= 0.3 is 0 Å². The van der Waals surface area contributed by atoms with Gasteiger partial charge in [-0.3, -0.25) is 4.79 Å². The summed E-state index contributed by atoms with van der Waals surface area (Å²) in [4.78, 5) is 18.6. The molecule has 5 heteroatoms. The summed E-state index contributed by atoms with van der Waals surface area (Å²) < 4.78 is 1.93. The molecule has 0 radical (unpaired) electrons. The van der Waals surface area contributed by atoms with Crippen LogP contribution in [0.2, 0.25) is 0 Å². The smallest absolute Gasteiger partial charge is 0.228 e. The molecule has 116 valence electrons. The summed E-state index contributed by atoms with van der Waals surface area (Å²) in [5.41, 5.74) is 2.56. The maximum absolute atomic E-state index is 12.3. The van der Waals surface area contributed by atoms with Gasteiger partial charge in [0.1, 0.15) is 5.69 Å². The van der Waals surface area contributed by atoms with Crippen LogP contribution in [0, 0.1) is 6.92 Å². The van der Waals surface area contributed by atoms with E-state index in [1.807, 2.05) is 79.3 Å². The quantitative estimate of drug-likeness (QED) is 0.511. The molecule has 0 aliphatic carbocycles. The first-order valence-electron chi connectivity index (χ1n) is 6.86. The minimum absolute atomic E-state index is 0. The van der Waals surface area contributed by atoms with Gasteiger partial charge in [0.2, 0.25) is 18.0 Å². The molecule has 1 aromatic heterocycles. The molecule has 0 unspecified atom stereocenters. The molecule has 1 heterocycles. The van der Waals surface area contributed by atoms with Crippen molar-refractivity contribution in [1.29, 1.82) is 0 Å². The Balaban J connectivity index is 0.00000242. The highest BCUT2D eigenvalue weighted by atomic mass is 79.9. The number of aryl methyl sites for hydroxylation is 1. The van der Waals surface area contributed by atoms with Crippen LogP contribution in [0.5, 0.6) is 0 Å². The Hall–Kier alpha value is -2.01. The first kappa shape index (κ1) is 18.0. The molecule has 22 heavy (non-hydrogen) atoms. The Labute approximate surface area is 141 Å². The second-order valence-electron chi connectivity index (χ2n) is 5.09. The van der Waals surface area contributed by atoms with Crippen LogP contribution < -0.4 is 21.5 Å². The number of carbonyl (C=O) groups excluding carboxylic acids is 1. The van der Waals surface area contributed by atoms with E-state index in [1.54, 1.807) is 6.20 Å². The highest BCUT2D eigenvalue weighted by Gasteiger charge is 2.17. The number of aromatic nitrogens is 2. The third-order valence-electron chi connectivity index (χ3n) is 3.14. The van der Waals surface area contributed by atoms with Gasteiger partial charge in [0.25, 0.3) is 0 Å². The zero-order valence-corrected chi connectivity index (χ0v) is 14.6. The van der Waals surface area contributed by atoms with Crippen LogP contribution in [-0.4, -0.2) is 29.8 Å². The van der Waals surface area contributed by atoms with Crippen LogP contribution in [0.1, 0.15) is 21.7 Å². The van der Waals surface area contributed by atoms with E-state index in [1.165, 1.54) is 0 Å². The van der Waals surface area contributed by atoms with Crippen molar-refractivity contribution >= 4 is 11.9 Å². The number of hydrogen-bond acceptors (Lipinski definition) is 3. The fourth-order valence-corrected chi connectivity index (χ4v) is 2.02. The van der Waals surface area contributed by atoms with Crippen molar-refractivity contribution in [3.05, 3.63) is 65.9 Å². The normalized spacial score (nSPS) is 10.3. The largest absolute Gasteiger partial charge is 1.00 e. The zero-order chi connectivity index (χ0) is 15.2. The Morgan fingerprint density at radius 3 is 2.59 bits per heavy atom. The summed E-state index contributed by atoms with van der Waals surface area (Å²) >= 11 is 0. The molecule has 4 nitrogen and oxygen atoms in total. The van der Waals surface area contributed by atoms with E-state index in [0.29, 0.717) is 6.54 Å². The number of ketones is 1. The van der Waals surface area contributed by atoms with E-state index in [-0.39, 0.29) is 22.8 Å². The third-order valence-corrected chi connectivity index (χ3v) is 3.14. The van der Waals surface area contributed by atoms with Gasteiger partial charge in [-0.25, -0.2) is 4.98 Å². The first-order chi connectivity index (χ1) is 10.1. The number of Topliss-reactive ketones (excluding diaryl/α,β-unsaturated/α-hetero) is 1. The van der Waals surface area contributed by atoms with Gasteiger partial charge in [-0.05, 0) is 6.92 Å². The molecule has 0 saturated carbocycles. The molecule has 0 atom stereocenters. The second-order valence-corrected chi connectivity index (χ2v) is 5.09. The van der Waals surface area contributed by atoms with Crippen LogP contribution >= 0.6 is 0 Å². The number of benzene rings is 1. The minimum Gasteiger partial charge on any atom is -1.00 e. The SMILES string of the molecule is Cc1ncc[n+](CC(=O)c2ccccc2)c1/C=C/N(C)C.[Br-]. The molecule has 0 saturated heterocycles. The standard InChI is InChI=1S/C17H20N3O.BrH/c1-14-16(9-11-19(2)3)20(12-10-18-14)13-17(21)15-7-5-4-6-8-15;/h4-12H,13H2,1-3H3;1H/q+1;/p-1. The topological polar surface area (TPSA) is 37.1 Å². The molecule has 0 aliphatic heterocycles. The maximum Gasteiger partial charge on any atom is 0.228 e. The van der Waals surface area contributed by atoms with Gasteiger partial charge in [0.05, 0.1) is 6.20 Å². The van der Waals surface area contributed by atoms with Crippen LogP contribution in [0.4, 0.5) is 0 Å². The van der Waals surface area contributed by atoms with Gasteiger partial charge in [0.15, 0.2) is 6.20 Å². The summed E-state index contributed by atoms with van der Waals surface area (Å²) in [6.45, 7) is 2.25. The summed E-state index contributed by atoms with van der Waals surface area (Å²) in [5, 5.41) is 0. The molecule has 2 aromatic rings. The van der Waals surface area contributed by atoms with Gasteiger partial charge in [-0.1, -0.05) is 30.3 Å². The van der Waals surface area contributed by atoms with Crippen molar-refractivity contribution in [2.45, 2.75) is 13.5 Å². The fourth-order valence-electron chi connectivity index (χ4n) is 2.02. The molecule has 0 aliphatic rings. The molecule has 0 spiro atoms. The van der Waals surface area contributed by atoms with Crippen molar-refractivity contribution in [3.63, 3.8) is 0 Å². The predicted molar refractivity (Wildman–Crippen MR) is 82.7 cm³/mol. The second kappa shape index (κ2) is 8.44. The minimum atomic E-state index is 0. The number of carbonyl (C=O) groups is 1. The number of rotatable bonds is 5. The van der Waals surface area contributed by atoms with Crippen LogP contribution in [-0.2, 0) is 6.54 Å². The lowest BCUT2D eigenvalue weighted by molar-refractivity contribution is -0.685. The molecular formula is C17H20BrN3O. The average molecular weight is 362 g/mol. The summed E-state index contributed by atoms with van der Waals surface area (Å²) in [7, 11) is 3.92. The number of hydrogen-bond donors (Lipinski definition) is 0. The van der Waals surface area contributed by atoms with E-state index in [9.17, 15) is 4.79 Å². The van der Waals surface area contributed by atoms with Crippen molar-refractivity contribution in [2.24, 2.45) is 0 Å². The molecule has 0 amide bonds. The van der Waals surface area contributed by atoms with Gasteiger partial charge in [0, 0.05) is 31.9 Å². The van der Waals surface area contributed by atoms with Gasteiger partial charge in [-0.2, -0.15) is 4.57 Å². The van der Waals surface area contributed by atoms with E-state index >= 15 is 0 Å². The molecular weight excluding hydrogens is 342 g/mol. The lowest BCUT2D eigenvalue weighted by Crippen LogP contribution is -3.00. The summed E-state index contributed by atoms with van der Waals surface area (Å²) in [6, 6.07) is 9.34. The van der Waals surface area contributed by atoms with Crippen molar-refractivity contribution < 1.29 is 26.3 Å². The van der Waals surface area contributed by atoms with Crippen molar-refractivity contribution in [3.8, 4) is 0 Å². The fraction of sp³-hybridized carbons (Fsp3) is 0.235.